The van der Waals surface area contributed by atoms with Gasteiger partial charge in [0.05, 0.1) is 37.4 Å². The normalized spacial score (nSPS) is 15.7. The molecule has 0 amide bonds. The first-order valence-electron chi connectivity index (χ1n) is 13.2. The van der Waals surface area contributed by atoms with Crippen LogP contribution in [0.15, 0.2) is 45.7 Å². The molecule has 1 aliphatic rings. The summed E-state index contributed by atoms with van der Waals surface area (Å²) < 4.78 is 8.91. The zero-order valence-corrected chi connectivity index (χ0v) is 21.8. The van der Waals surface area contributed by atoms with Crippen LogP contribution >= 0.6 is 0 Å². The number of pyridine rings is 1. The predicted molar refractivity (Wildman–Crippen MR) is 140 cm³/mol. The van der Waals surface area contributed by atoms with Crippen LogP contribution in [-0.2, 0) is 11.8 Å². The van der Waals surface area contributed by atoms with Gasteiger partial charge in [0, 0.05) is 26.3 Å². The van der Waals surface area contributed by atoms with E-state index >= 15 is 0 Å². The van der Waals surface area contributed by atoms with E-state index in [2.05, 4.69) is 14.1 Å². The molecule has 0 unspecified atom stereocenters. The third kappa shape index (κ3) is 5.43. The summed E-state index contributed by atoms with van der Waals surface area (Å²) in [4.78, 5) is 29.6. The Bertz CT molecular complexity index is 1220. The number of para-hydroxylation sites is 1. The highest BCUT2D eigenvalue weighted by Crippen LogP contribution is 2.39. The molecule has 0 saturated heterocycles. The van der Waals surface area contributed by atoms with Crippen molar-refractivity contribution in [3.05, 3.63) is 52.8 Å². The number of carbonyl (C=O) groups is 1. The summed E-state index contributed by atoms with van der Waals surface area (Å²) in [6, 6.07) is 10.5. The first-order chi connectivity index (χ1) is 16.8. The number of rotatable bonds is 11. The van der Waals surface area contributed by atoms with Crippen molar-refractivity contribution < 1.29 is 13.7 Å². The maximum absolute atomic E-state index is 13.1. The summed E-state index contributed by atoms with van der Waals surface area (Å²) in [5.41, 5.74) is 1.38. The molecular formula is C29H40N3O3+. The SMILES string of the molecule is CCC(=O)CCCCC[C@@H](c1ncc(-c2cc3ccccc3n(C)c2=O)o1)[N+](C)(C)C1CCCC1. The van der Waals surface area contributed by atoms with E-state index in [9.17, 15) is 9.59 Å². The van der Waals surface area contributed by atoms with E-state index in [1.54, 1.807) is 17.8 Å². The largest absolute Gasteiger partial charge is 0.435 e. The van der Waals surface area contributed by atoms with Gasteiger partial charge in [0.2, 0.25) is 0 Å². The number of quaternary nitrogens is 1. The van der Waals surface area contributed by atoms with E-state index in [0.717, 1.165) is 47.0 Å². The van der Waals surface area contributed by atoms with Gasteiger partial charge in [-0.1, -0.05) is 31.5 Å². The second kappa shape index (κ2) is 10.9. The molecule has 1 saturated carbocycles. The fourth-order valence-corrected chi connectivity index (χ4v) is 5.74. The second-order valence-electron chi connectivity index (χ2n) is 10.6. The molecule has 1 aliphatic carbocycles. The molecule has 1 aromatic carbocycles. The lowest BCUT2D eigenvalue weighted by atomic mass is 10.0. The molecule has 2 aromatic heterocycles. The first kappa shape index (κ1) is 25.4. The Morgan fingerprint density at radius 2 is 1.91 bits per heavy atom. The lowest BCUT2D eigenvalue weighted by Gasteiger charge is -2.41. The topological polar surface area (TPSA) is 65.1 Å². The molecule has 1 fully saturated rings. The van der Waals surface area contributed by atoms with Crippen LogP contribution in [0.25, 0.3) is 22.2 Å². The molecule has 3 aromatic rings. The van der Waals surface area contributed by atoms with E-state index < -0.39 is 0 Å². The molecule has 2 heterocycles. The Hall–Kier alpha value is -2.73. The molecule has 0 spiro atoms. The van der Waals surface area contributed by atoms with Gasteiger partial charge >= 0.3 is 0 Å². The minimum Gasteiger partial charge on any atom is -0.435 e. The zero-order chi connectivity index (χ0) is 25.0. The monoisotopic (exact) mass is 478 g/mol. The molecule has 0 N–H and O–H groups in total. The number of benzene rings is 1. The minimum atomic E-state index is -0.0758. The second-order valence-corrected chi connectivity index (χ2v) is 10.6. The van der Waals surface area contributed by atoms with Gasteiger partial charge in [-0.3, -0.25) is 9.59 Å². The van der Waals surface area contributed by atoms with Crippen molar-refractivity contribution in [2.24, 2.45) is 7.05 Å². The van der Waals surface area contributed by atoms with Gasteiger partial charge in [0.1, 0.15) is 5.78 Å². The van der Waals surface area contributed by atoms with Gasteiger partial charge in [-0.05, 0) is 56.0 Å². The van der Waals surface area contributed by atoms with Crippen LogP contribution in [0.5, 0.6) is 0 Å². The van der Waals surface area contributed by atoms with E-state index in [1.165, 1.54) is 25.7 Å². The number of ketones is 1. The summed E-state index contributed by atoms with van der Waals surface area (Å²) in [5, 5.41) is 1.00. The maximum atomic E-state index is 13.1. The van der Waals surface area contributed by atoms with E-state index in [-0.39, 0.29) is 11.6 Å². The highest BCUT2D eigenvalue weighted by Gasteiger charge is 2.41. The van der Waals surface area contributed by atoms with Crippen LogP contribution in [0, 0.1) is 0 Å². The number of aryl methyl sites for hydroxylation is 1. The van der Waals surface area contributed by atoms with E-state index in [0.29, 0.717) is 36.0 Å². The van der Waals surface area contributed by atoms with Crippen molar-refractivity contribution >= 4 is 16.7 Å². The zero-order valence-electron chi connectivity index (χ0n) is 21.8. The molecule has 1 atom stereocenters. The van der Waals surface area contributed by atoms with Gasteiger partial charge in [-0.2, -0.15) is 0 Å². The quantitative estimate of drug-likeness (QED) is 0.244. The molecular weight excluding hydrogens is 438 g/mol. The summed E-state index contributed by atoms with van der Waals surface area (Å²) >= 11 is 0. The highest BCUT2D eigenvalue weighted by molar-refractivity contribution is 5.83. The minimum absolute atomic E-state index is 0.0758. The highest BCUT2D eigenvalue weighted by atomic mass is 16.4. The molecule has 188 valence electrons. The van der Waals surface area contributed by atoms with Crippen molar-refractivity contribution in [2.75, 3.05) is 14.1 Å². The van der Waals surface area contributed by atoms with Gasteiger partial charge in [-0.25, -0.2) is 4.98 Å². The predicted octanol–water partition coefficient (Wildman–Crippen LogP) is 6.18. The van der Waals surface area contributed by atoms with Gasteiger partial charge < -0.3 is 13.5 Å². The number of nitrogens with zero attached hydrogens (tertiary/aromatic N) is 3. The number of unbranched alkanes of at least 4 members (excludes halogenated alkanes) is 2. The Kier molecular flexibility index (Phi) is 7.90. The van der Waals surface area contributed by atoms with Crippen LogP contribution in [0.1, 0.15) is 83.1 Å². The Morgan fingerprint density at radius 3 is 2.66 bits per heavy atom. The molecule has 0 aliphatic heterocycles. The first-order valence-corrected chi connectivity index (χ1v) is 13.2. The van der Waals surface area contributed by atoms with Crippen molar-refractivity contribution in [1.29, 1.82) is 0 Å². The Balaban J connectivity index is 1.60. The van der Waals surface area contributed by atoms with Crippen molar-refractivity contribution in [3.63, 3.8) is 0 Å². The number of hydrogen-bond acceptors (Lipinski definition) is 4. The van der Waals surface area contributed by atoms with Crippen LogP contribution in [0.2, 0.25) is 0 Å². The number of aromatic nitrogens is 2. The summed E-state index contributed by atoms with van der Waals surface area (Å²) in [6.45, 7) is 1.93. The lowest BCUT2D eigenvalue weighted by Crippen LogP contribution is -2.50. The summed E-state index contributed by atoms with van der Waals surface area (Å²) in [7, 11) is 6.41. The van der Waals surface area contributed by atoms with Crippen molar-refractivity contribution in [1.82, 2.24) is 9.55 Å². The average Bonchev–Trinajstić information content (AvgIpc) is 3.56. The molecule has 35 heavy (non-hydrogen) atoms. The summed E-state index contributed by atoms with van der Waals surface area (Å²) in [6.07, 6.45) is 12.0. The number of fused-ring (bicyclic) bond motifs is 1. The molecule has 0 bridgehead atoms. The molecule has 6 nitrogen and oxygen atoms in total. The van der Waals surface area contributed by atoms with Crippen molar-refractivity contribution in [2.45, 2.75) is 83.2 Å². The average molecular weight is 479 g/mol. The van der Waals surface area contributed by atoms with Crippen LogP contribution in [-0.4, -0.2) is 40.0 Å². The number of carbonyl (C=O) groups excluding carboxylic acids is 1. The van der Waals surface area contributed by atoms with Gasteiger partial charge in [0.15, 0.2) is 11.8 Å². The van der Waals surface area contributed by atoms with Gasteiger partial charge in [-0.15, -0.1) is 0 Å². The Morgan fingerprint density at radius 1 is 1.17 bits per heavy atom. The standard InChI is InChI=1S/C29H40N3O3/c1-5-23(33)16-7-6-8-18-26(32(3,4)22-14-10-11-15-22)28-30-20-27(35-28)24-19-21-13-9-12-17-25(21)31(2)29(24)34/h9,12-13,17,19-20,22,26H,5-8,10-11,14-16,18H2,1-4H3/q+1/t26-/m0/s1. The number of hydrogen-bond donors (Lipinski definition) is 0. The number of Topliss-reactive ketones (excluding diaryl/α,β-unsaturated/α-hetero) is 1. The smallest absolute Gasteiger partial charge is 0.261 e. The van der Waals surface area contributed by atoms with E-state index in [4.69, 9.17) is 9.40 Å². The Labute approximate surface area is 208 Å². The fraction of sp³-hybridized carbons (Fsp3) is 0.552. The van der Waals surface area contributed by atoms with E-state index in [1.807, 2.05) is 37.3 Å². The van der Waals surface area contributed by atoms with Crippen molar-refractivity contribution in [3.8, 4) is 11.3 Å². The summed E-state index contributed by atoms with van der Waals surface area (Å²) in [5.74, 6) is 1.60. The van der Waals surface area contributed by atoms with Crippen LogP contribution < -0.4 is 5.56 Å². The third-order valence-corrected chi connectivity index (χ3v) is 8.10. The van der Waals surface area contributed by atoms with Crippen LogP contribution in [0.4, 0.5) is 0 Å². The maximum Gasteiger partial charge on any atom is 0.261 e. The third-order valence-electron chi connectivity index (χ3n) is 8.10. The molecule has 0 radical (unpaired) electrons. The lowest BCUT2D eigenvalue weighted by molar-refractivity contribution is -0.945. The molecule has 4 rings (SSSR count). The fourth-order valence-electron chi connectivity index (χ4n) is 5.74. The number of oxazole rings is 1. The molecule has 6 heteroatoms. The van der Waals surface area contributed by atoms with Gasteiger partial charge in [0.25, 0.3) is 11.4 Å². The van der Waals surface area contributed by atoms with Crippen LogP contribution in [0.3, 0.4) is 0 Å².